The fraction of sp³-hybridized carbons (Fsp3) is 0.400. The van der Waals surface area contributed by atoms with Crippen molar-refractivity contribution in [3.8, 4) is 5.75 Å². The largest absolute Gasteiger partial charge is 0.495 e. The van der Waals surface area contributed by atoms with Gasteiger partial charge in [-0.3, -0.25) is 4.90 Å². The molecule has 122 valence electrons. The molecule has 1 heterocycles. The van der Waals surface area contributed by atoms with Crippen molar-refractivity contribution in [3.63, 3.8) is 0 Å². The van der Waals surface area contributed by atoms with E-state index < -0.39 is 0 Å². The van der Waals surface area contributed by atoms with Gasteiger partial charge in [0, 0.05) is 32.7 Å². The molecule has 0 saturated carbocycles. The van der Waals surface area contributed by atoms with E-state index in [0.29, 0.717) is 0 Å². The first kappa shape index (κ1) is 15.9. The number of aryl methyl sites for hydroxylation is 1. The summed E-state index contributed by atoms with van der Waals surface area (Å²) in [7, 11) is 1.75. The average Bonchev–Trinajstić information content (AvgIpc) is 2.63. The summed E-state index contributed by atoms with van der Waals surface area (Å²) in [6.07, 6.45) is 1.11. The van der Waals surface area contributed by atoms with Crippen LogP contribution in [0.4, 0.5) is 5.69 Å². The SMILES string of the molecule is CCc1ccc(CN2CCN(c3ccccc3OC)CC2)cc1. The number of para-hydroxylation sites is 2. The smallest absolute Gasteiger partial charge is 0.142 e. The molecule has 0 aromatic heterocycles. The van der Waals surface area contributed by atoms with E-state index in [0.717, 1.165) is 44.9 Å². The van der Waals surface area contributed by atoms with Crippen molar-refractivity contribution in [3.05, 3.63) is 59.7 Å². The van der Waals surface area contributed by atoms with Gasteiger partial charge in [-0.2, -0.15) is 0 Å². The summed E-state index contributed by atoms with van der Waals surface area (Å²) in [6.45, 7) is 7.53. The van der Waals surface area contributed by atoms with E-state index in [9.17, 15) is 0 Å². The summed E-state index contributed by atoms with van der Waals surface area (Å²) in [5.41, 5.74) is 4.03. The van der Waals surface area contributed by atoms with E-state index in [2.05, 4.69) is 53.1 Å². The molecule has 0 bridgehead atoms. The number of hydrogen-bond acceptors (Lipinski definition) is 3. The molecule has 0 aliphatic carbocycles. The maximum atomic E-state index is 5.49. The second kappa shape index (κ2) is 7.51. The molecule has 0 amide bonds. The molecule has 23 heavy (non-hydrogen) atoms. The molecule has 2 aromatic carbocycles. The molecule has 2 aromatic rings. The van der Waals surface area contributed by atoms with Crippen LogP contribution in [0.3, 0.4) is 0 Å². The Morgan fingerprint density at radius 2 is 1.52 bits per heavy atom. The fourth-order valence-electron chi connectivity index (χ4n) is 3.18. The van der Waals surface area contributed by atoms with E-state index in [-0.39, 0.29) is 0 Å². The van der Waals surface area contributed by atoms with E-state index >= 15 is 0 Å². The molecule has 3 rings (SSSR count). The quantitative estimate of drug-likeness (QED) is 0.839. The zero-order chi connectivity index (χ0) is 16.1. The standard InChI is InChI=1S/C20H26N2O/c1-3-17-8-10-18(11-9-17)16-21-12-14-22(15-13-21)19-6-4-5-7-20(19)23-2/h4-11H,3,12-16H2,1-2H3. The van der Waals surface area contributed by atoms with Crippen molar-refractivity contribution in [1.82, 2.24) is 4.90 Å². The van der Waals surface area contributed by atoms with Crippen LogP contribution in [0.15, 0.2) is 48.5 Å². The van der Waals surface area contributed by atoms with Gasteiger partial charge in [0.05, 0.1) is 12.8 Å². The molecule has 0 N–H and O–H groups in total. The van der Waals surface area contributed by atoms with Crippen LogP contribution in [0.2, 0.25) is 0 Å². The molecular weight excluding hydrogens is 284 g/mol. The molecule has 0 atom stereocenters. The predicted octanol–water partition coefficient (Wildman–Crippen LogP) is 3.58. The second-order valence-electron chi connectivity index (χ2n) is 6.11. The van der Waals surface area contributed by atoms with E-state index in [1.165, 1.54) is 16.8 Å². The minimum Gasteiger partial charge on any atom is -0.495 e. The Kier molecular flexibility index (Phi) is 5.19. The van der Waals surface area contributed by atoms with Gasteiger partial charge in [-0.05, 0) is 29.7 Å². The van der Waals surface area contributed by atoms with Crippen molar-refractivity contribution in [2.75, 3.05) is 38.2 Å². The highest BCUT2D eigenvalue weighted by Gasteiger charge is 2.19. The fourth-order valence-corrected chi connectivity index (χ4v) is 3.18. The van der Waals surface area contributed by atoms with Gasteiger partial charge in [0.25, 0.3) is 0 Å². The molecule has 0 radical (unpaired) electrons. The third-order valence-corrected chi connectivity index (χ3v) is 4.64. The number of piperazine rings is 1. The molecule has 1 aliphatic heterocycles. The number of hydrogen-bond donors (Lipinski definition) is 0. The van der Waals surface area contributed by atoms with Gasteiger partial charge in [-0.1, -0.05) is 43.3 Å². The lowest BCUT2D eigenvalue weighted by Crippen LogP contribution is -2.46. The first-order valence-corrected chi connectivity index (χ1v) is 8.48. The summed E-state index contributed by atoms with van der Waals surface area (Å²) in [6, 6.07) is 17.3. The molecule has 3 heteroatoms. The summed E-state index contributed by atoms with van der Waals surface area (Å²) >= 11 is 0. The molecule has 0 unspecified atom stereocenters. The number of rotatable bonds is 5. The Hall–Kier alpha value is -2.00. The van der Waals surface area contributed by atoms with Crippen LogP contribution in [-0.2, 0) is 13.0 Å². The van der Waals surface area contributed by atoms with Crippen molar-refractivity contribution < 1.29 is 4.74 Å². The number of methoxy groups -OCH3 is 1. The zero-order valence-corrected chi connectivity index (χ0v) is 14.2. The Labute approximate surface area is 139 Å². The van der Waals surface area contributed by atoms with Gasteiger partial charge in [-0.15, -0.1) is 0 Å². The monoisotopic (exact) mass is 310 g/mol. The van der Waals surface area contributed by atoms with Gasteiger partial charge in [0.1, 0.15) is 5.75 Å². The van der Waals surface area contributed by atoms with E-state index in [1.807, 2.05) is 12.1 Å². The Balaban J connectivity index is 1.57. The van der Waals surface area contributed by atoms with Crippen molar-refractivity contribution in [1.29, 1.82) is 0 Å². The Bertz CT molecular complexity index is 616. The number of ether oxygens (including phenoxy) is 1. The summed E-state index contributed by atoms with van der Waals surface area (Å²) < 4.78 is 5.49. The normalized spacial score (nSPS) is 15.7. The first-order valence-electron chi connectivity index (χ1n) is 8.48. The summed E-state index contributed by atoms with van der Waals surface area (Å²) in [5, 5.41) is 0. The van der Waals surface area contributed by atoms with Gasteiger partial charge < -0.3 is 9.64 Å². The molecule has 1 fully saturated rings. The van der Waals surface area contributed by atoms with Gasteiger partial charge in [0.15, 0.2) is 0 Å². The molecule has 1 aliphatic rings. The van der Waals surface area contributed by atoms with Crippen LogP contribution in [-0.4, -0.2) is 38.2 Å². The highest BCUT2D eigenvalue weighted by atomic mass is 16.5. The maximum Gasteiger partial charge on any atom is 0.142 e. The third-order valence-electron chi connectivity index (χ3n) is 4.64. The molecular formula is C20H26N2O. The second-order valence-corrected chi connectivity index (χ2v) is 6.11. The van der Waals surface area contributed by atoms with E-state index in [1.54, 1.807) is 7.11 Å². The van der Waals surface area contributed by atoms with Crippen LogP contribution in [0, 0.1) is 0 Å². The zero-order valence-electron chi connectivity index (χ0n) is 14.2. The van der Waals surface area contributed by atoms with Crippen LogP contribution < -0.4 is 9.64 Å². The lowest BCUT2D eigenvalue weighted by Gasteiger charge is -2.36. The van der Waals surface area contributed by atoms with Gasteiger partial charge >= 0.3 is 0 Å². The van der Waals surface area contributed by atoms with Crippen LogP contribution in [0.1, 0.15) is 18.1 Å². The molecule has 1 saturated heterocycles. The number of anilines is 1. The predicted molar refractivity (Wildman–Crippen MR) is 96.3 cm³/mol. The third kappa shape index (κ3) is 3.85. The van der Waals surface area contributed by atoms with Crippen LogP contribution >= 0.6 is 0 Å². The summed E-state index contributed by atoms with van der Waals surface area (Å²) in [5.74, 6) is 0.969. The highest BCUT2D eigenvalue weighted by molar-refractivity contribution is 5.58. The Morgan fingerprint density at radius 3 is 2.17 bits per heavy atom. The number of nitrogens with zero attached hydrogens (tertiary/aromatic N) is 2. The van der Waals surface area contributed by atoms with Gasteiger partial charge in [-0.25, -0.2) is 0 Å². The average molecular weight is 310 g/mol. The molecule has 3 nitrogen and oxygen atoms in total. The maximum absolute atomic E-state index is 5.49. The van der Waals surface area contributed by atoms with Crippen LogP contribution in [0.5, 0.6) is 5.75 Å². The van der Waals surface area contributed by atoms with Crippen LogP contribution in [0.25, 0.3) is 0 Å². The highest BCUT2D eigenvalue weighted by Crippen LogP contribution is 2.28. The van der Waals surface area contributed by atoms with Crippen molar-refractivity contribution in [2.45, 2.75) is 19.9 Å². The van der Waals surface area contributed by atoms with Crippen molar-refractivity contribution >= 4 is 5.69 Å². The Morgan fingerprint density at radius 1 is 0.870 bits per heavy atom. The number of benzene rings is 2. The van der Waals surface area contributed by atoms with E-state index in [4.69, 9.17) is 4.74 Å². The lowest BCUT2D eigenvalue weighted by molar-refractivity contribution is 0.249. The topological polar surface area (TPSA) is 15.7 Å². The van der Waals surface area contributed by atoms with Gasteiger partial charge in [0.2, 0.25) is 0 Å². The summed E-state index contributed by atoms with van der Waals surface area (Å²) in [4.78, 5) is 4.96. The minimum absolute atomic E-state index is 0.969. The first-order chi connectivity index (χ1) is 11.3. The minimum atomic E-state index is 0.969. The molecule has 0 spiro atoms. The van der Waals surface area contributed by atoms with Crippen molar-refractivity contribution in [2.24, 2.45) is 0 Å². The lowest BCUT2D eigenvalue weighted by atomic mass is 10.1.